The number of aryl methyl sites for hydroxylation is 2. The molecule has 31 heavy (non-hydrogen) atoms. The molecule has 2 aromatic heterocycles. The van der Waals surface area contributed by atoms with Gasteiger partial charge in [-0.2, -0.15) is 4.98 Å². The summed E-state index contributed by atoms with van der Waals surface area (Å²) in [5.74, 6) is -1.21. The average molecular weight is 424 g/mol. The van der Waals surface area contributed by atoms with Crippen LogP contribution in [0, 0.1) is 0 Å². The topological polar surface area (TPSA) is 146 Å². The minimum absolute atomic E-state index is 0.101. The van der Waals surface area contributed by atoms with Gasteiger partial charge in [0.2, 0.25) is 0 Å². The van der Waals surface area contributed by atoms with Crippen LogP contribution in [0.4, 0.5) is 4.79 Å². The molecular formula is C19H16N6O6. The molecule has 0 atom stereocenters. The van der Waals surface area contributed by atoms with Gasteiger partial charge in [0.1, 0.15) is 11.3 Å². The van der Waals surface area contributed by atoms with E-state index in [0.29, 0.717) is 11.3 Å². The van der Waals surface area contributed by atoms with Crippen LogP contribution < -0.4 is 26.6 Å². The number of rotatable bonds is 3. The number of carbonyl (C=O) groups excluding carboxylic acids is 3. The van der Waals surface area contributed by atoms with E-state index in [1.165, 1.54) is 29.3 Å². The number of imide groups is 2. The molecule has 3 aromatic rings. The van der Waals surface area contributed by atoms with Crippen LogP contribution in [0.25, 0.3) is 17.2 Å². The highest BCUT2D eigenvalue weighted by Gasteiger charge is 2.27. The maximum Gasteiger partial charge on any atom is 0.332 e. The SMILES string of the molecule is Cn1c(=O)c2c(nc(Oc3ccc(C=C4C(=O)NC(=O)NC4=O)cc3)n2C)n(C)c1=O. The normalized spacial score (nSPS) is 13.9. The summed E-state index contributed by atoms with van der Waals surface area (Å²) in [5.41, 5.74) is -0.284. The van der Waals surface area contributed by atoms with Gasteiger partial charge < -0.3 is 4.74 Å². The molecular weight excluding hydrogens is 408 g/mol. The van der Waals surface area contributed by atoms with Gasteiger partial charge in [0, 0.05) is 21.1 Å². The largest absolute Gasteiger partial charge is 0.425 e. The smallest absolute Gasteiger partial charge is 0.332 e. The quantitative estimate of drug-likeness (QED) is 0.426. The highest BCUT2D eigenvalue weighted by atomic mass is 16.5. The molecule has 0 aliphatic carbocycles. The van der Waals surface area contributed by atoms with Crippen LogP contribution in [0.1, 0.15) is 5.56 Å². The lowest BCUT2D eigenvalue weighted by molar-refractivity contribution is -0.123. The van der Waals surface area contributed by atoms with Crippen molar-refractivity contribution in [3.63, 3.8) is 0 Å². The molecule has 4 rings (SSSR count). The van der Waals surface area contributed by atoms with Crippen molar-refractivity contribution >= 4 is 35.1 Å². The lowest BCUT2D eigenvalue weighted by Gasteiger charge is -2.13. The lowest BCUT2D eigenvalue weighted by Crippen LogP contribution is -2.51. The van der Waals surface area contributed by atoms with E-state index in [1.54, 1.807) is 31.3 Å². The average Bonchev–Trinajstić information content (AvgIpc) is 3.05. The predicted octanol–water partition coefficient (Wildman–Crippen LogP) is -0.488. The second-order valence-corrected chi connectivity index (χ2v) is 6.80. The molecule has 4 amide bonds. The Kier molecular flexibility index (Phi) is 4.53. The third-order valence-corrected chi connectivity index (χ3v) is 4.78. The number of amides is 4. The van der Waals surface area contributed by atoms with Crippen LogP contribution in [-0.4, -0.2) is 36.5 Å². The maximum absolute atomic E-state index is 12.4. The summed E-state index contributed by atoms with van der Waals surface area (Å²) in [7, 11) is 4.48. The summed E-state index contributed by atoms with van der Waals surface area (Å²) in [5, 5.41) is 3.99. The number of imidazole rings is 1. The van der Waals surface area contributed by atoms with Gasteiger partial charge in [-0.05, 0) is 23.8 Å². The van der Waals surface area contributed by atoms with Gasteiger partial charge in [0.25, 0.3) is 17.4 Å². The third kappa shape index (κ3) is 3.29. The molecule has 1 aliphatic heterocycles. The van der Waals surface area contributed by atoms with Crippen molar-refractivity contribution in [2.45, 2.75) is 0 Å². The number of nitrogens with zero attached hydrogens (tertiary/aromatic N) is 4. The van der Waals surface area contributed by atoms with Gasteiger partial charge in [-0.3, -0.25) is 38.7 Å². The van der Waals surface area contributed by atoms with Crippen molar-refractivity contribution in [2.24, 2.45) is 21.1 Å². The van der Waals surface area contributed by atoms with Crippen molar-refractivity contribution in [1.82, 2.24) is 29.3 Å². The number of barbiturate groups is 1. The van der Waals surface area contributed by atoms with E-state index in [4.69, 9.17) is 4.74 Å². The van der Waals surface area contributed by atoms with Crippen LogP contribution in [0.3, 0.4) is 0 Å². The van der Waals surface area contributed by atoms with Crippen LogP contribution in [0.15, 0.2) is 39.4 Å². The van der Waals surface area contributed by atoms with E-state index in [0.717, 1.165) is 4.57 Å². The molecule has 12 heteroatoms. The minimum Gasteiger partial charge on any atom is -0.425 e. The first kappa shape index (κ1) is 19.8. The zero-order chi connectivity index (χ0) is 22.4. The van der Waals surface area contributed by atoms with Crippen molar-refractivity contribution < 1.29 is 19.1 Å². The van der Waals surface area contributed by atoms with Gasteiger partial charge in [0.15, 0.2) is 11.2 Å². The molecule has 0 saturated carbocycles. The Labute approximate surface area is 173 Å². The number of nitrogens with one attached hydrogen (secondary N) is 2. The zero-order valence-electron chi connectivity index (χ0n) is 16.6. The molecule has 0 radical (unpaired) electrons. The standard InChI is InChI=1S/C19H16N6O6/c1-23-12-13(24(2)19(30)25(3)16(12)28)20-18(23)31-10-6-4-9(5-7-10)8-11-14(26)21-17(29)22-15(11)27/h4-8H,1-3H3,(H2,21,22,26,27,29). The molecule has 1 aliphatic rings. The number of hydrogen-bond donors (Lipinski definition) is 2. The summed E-state index contributed by atoms with van der Waals surface area (Å²) in [6.45, 7) is 0. The van der Waals surface area contributed by atoms with Gasteiger partial charge in [-0.1, -0.05) is 12.1 Å². The first-order valence-electron chi connectivity index (χ1n) is 8.96. The fourth-order valence-electron chi connectivity index (χ4n) is 3.10. The number of aromatic nitrogens is 4. The Bertz CT molecular complexity index is 1400. The Hall–Kier alpha value is -4.48. The first-order valence-corrected chi connectivity index (χ1v) is 8.96. The number of carbonyl (C=O) groups is 3. The van der Waals surface area contributed by atoms with Gasteiger partial charge in [-0.25, -0.2) is 9.59 Å². The van der Waals surface area contributed by atoms with Gasteiger partial charge in [0.05, 0.1) is 0 Å². The number of ether oxygens (including phenoxy) is 1. The van der Waals surface area contributed by atoms with Crippen molar-refractivity contribution in [3.05, 3.63) is 56.2 Å². The molecule has 0 bridgehead atoms. The van der Waals surface area contributed by atoms with E-state index >= 15 is 0 Å². The molecule has 158 valence electrons. The fraction of sp³-hybridized carbons (Fsp3) is 0.158. The Balaban J connectivity index is 1.65. The molecule has 1 saturated heterocycles. The van der Waals surface area contributed by atoms with Crippen molar-refractivity contribution in [2.75, 3.05) is 0 Å². The summed E-state index contributed by atoms with van der Waals surface area (Å²) in [6, 6.07) is 5.57. The number of benzene rings is 1. The zero-order valence-corrected chi connectivity index (χ0v) is 16.6. The van der Waals surface area contributed by atoms with E-state index < -0.39 is 29.1 Å². The molecule has 3 heterocycles. The maximum atomic E-state index is 12.4. The van der Waals surface area contributed by atoms with Crippen LogP contribution >= 0.6 is 0 Å². The number of urea groups is 1. The summed E-state index contributed by atoms with van der Waals surface area (Å²) >= 11 is 0. The molecule has 0 unspecified atom stereocenters. The Morgan fingerprint density at radius 1 is 0.871 bits per heavy atom. The lowest BCUT2D eigenvalue weighted by atomic mass is 10.1. The van der Waals surface area contributed by atoms with Gasteiger partial charge in [-0.15, -0.1) is 0 Å². The number of hydrogen-bond acceptors (Lipinski definition) is 7. The molecule has 1 fully saturated rings. The minimum atomic E-state index is -0.870. The molecule has 12 nitrogen and oxygen atoms in total. The van der Waals surface area contributed by atoms with Crippen molar-refractivity contribution in [3.8, 4) is 11.8 Å². The second kappa shape index (κ2) is 7.09. The molecule has 2 N–H and O–H groups in total. The van der Waals surface area contributed by atoms with Crippen LogP contribution in [0.2, 0.25) is 0 Å². The van der Waals surface area contributed by atoms with Crippen LogP contribution in [-0.2, 0) is 30.7 Å². The van der Waals surface area contributed by atoms with E-state index in [1.807, 2.05) is 10.6 Å². The van der Waals surface area contributed by atoms with E-state index in [-0.39, 0.29) is 22.7 Å². The second-order valence-electron chi connectivity index (χ2n) is 6.80. The molecule has 0 spiro atoms. The molecule has 1 aromatic carbocycles. The highest BCUT2D eigenvalue weighted by Crippen LogP contribution is 2.23. The first-order chi connectivity index (χ1) is 14.7. The van der Waals surface area contributed by atoms with Gasteiger partial charge >= 0.3 is 17.7 Å². The third-order valence-electron chi connectivity index (χ3n) is 4.78. The fourth-order valence-corrected chi connectivity index (χ4v) is 3.10. The Morgan fingerprint density at radius 2 is 1.48 bits per heavy atom. The summed E-state index contributed by atoms with van der Waals surface area (Å²) in [4.78, 5) is 63.5. The van der Waals surface area contributed by atoms with Crippen LogP contribution in [0.5, 0.6) is 11.8 Å². The predicted molar refractivity (Wildman–Crippen MR) is 107 cm³/mol. The Morgan fingerprint density at radius 3 is 2.10 bits per heavy atom. The van der Waals surface area contributed by atoms with E-state index in [9.17, 15) is 24.0 Å². The number of fused-ring (bicyclic) bond motifs is 1. The van der Waals surface area contributed by atoms with E-state index in [2.05, 4.69) is 4.98 Å². The summed E-state index contributed by atoms with van der Waals surface area (Å²) in [6.07, 6.45) is 1.33. The van der Waals surface area contributed by atoms with Crippen molar-refractivity contribution in [1.29, 1.82) is 0 Å². The highest BCUT2D eigenvalue weighted by molar-refractivity contribution is 6.31. The monoisotopic (exact) mass is 424 g/mol. The summed E-state index contributed by atoms with van der Waals surface area (Å²) < 4.78 is 9.44.